The lowest BCUT2D eigenvalue weighted by molar-refractivity contribution is -0.120. The summed E-state index contributed by atoms with van der Waals surface area (Å²) >= 11 is 0. The van der Waals surface area contributed by atoms with Gasteiger partial charge in [0.15, 0.2) is 17.5 Å². The summed E-state index contributed by atoms with van der Waals surface area (Å²) in [6.07, 6.45) is -0.341. The van der Waals surface area contributed by atoms with Crippen molar-refractivity contribution in [1.29, 1.82) is 0 Å². The molecule has 17 heavy (non-hydrogen) atoms. The van der Waals surface area contributed by atoms with E-state index in [9.17, 15) is 18.0 Å². The summed E-state index contributed by atoms with van der Waals surface area (Å²) in [7, 11) is 1.47. The Morgan fingerprint density at radius 3 is 2.65 bits per heavy atom. The third-order valence-electron chi connectivity index (χ3n) is 2.09. The highest BCUT2D eigenvalue weighted by Crippen LogP contribution is 2.15. The lowest BCUT2D eigenvalue weighted by Crippen LogP contribution is -2.28. The van der Waals surface area contributed by atoms with Gasteiger partial charge in [-0.25, -0.2) is 13.2 Å². The zero-order valence-corrected chi connectivity index (χ0v) is 9.23. The molecular formula is C11H12F3NO2. The number of carbonyl (C=O) groups excluding carboxylic acids is 1. The molecule has 1 rings (SSSR count). The normalized spacial score (nSPS) is 10.4. The van der Waals surface area contributed by atoms with Gasteiger partial charge >= 0.3 is 0 Å². The largest absolute Gasteiger partial charge is 0.383 e. The Hall–Kier alpha value is -1.56. The fourth-order valence-corrected chi connectivity index (χ4v) is 1.23. The second-order valence-corrected chi connectivity index (χ2v) is 3.35. The van der Waals surface area contributed by atoms with Crippen molar-refractivity contribution in [2.24, 2.45) is 0 Å². The summed E-state index contributed by atoms with van der Waals surface area (Å²) in [6.45, 7) is 0.604. The van der Waals surface area contributed by atoms with Crippen LogP contribution in [-0.2, 0) is 16.0 Å². The molecule has 0 aliphatic carbocycles. The molecule has 1 N–H and O–H groups in total. The Morgan fingerprint density at radius 1 is 1.29 bits per heavy atom. The third-order valence-corrected chi connectivity index (χ3v) is 2.09. The number of ether oxygens (including phenoxy) is 1. The van der Waals surface area contributed by atoms with Gasteiger partial charge < -0.3 is 10.1 Å². The van der Waals surface area contributed by atoms with E-state index >= 15 is 0 Å². The van der Waals surface area contributed by atoms with Gasteiger partial charge in [0, 0.05) is 19.2 Å². The molecule has 0 bridgehead atoms. The van der Waals surface area contributed by atoms with Crippen molar-refractivity contribution in [3.05, 3.63) is 35.1 Å². The Morgan fingerprint density at radius 2 is 2.00 bits per heavy atom. The second-order valence-electron chi connectivity index (χ2n) is 3.35. The number of carbonyl (C=O) groups is 1. The Balaban J connectivity index is 2.63. The molecule has 94 valence electrons. The van der Waals surface area contributed by atoms with E-state index in [0.29, 0.717) is 6.61 Å². The van der Waals surface area contributed by atoms with Crippen molar-refractivity contribution < 1.29 is 22.7 Å². The average molecular weight is 247 g/mol. The van der Waals surface area contributed by atoms with Crippen LogP contribution >= 0.6 is 0 Å². The fourth-order valence-electron chi connectivity index (χ4n) is 1.23. The molecule has 0 heterocycles. The number of benzene rings is 1. The standard InChI is InChI=1S/C11H12F3NO2/c1-17-5-4-15-9(16)6-7-2-3-8(12)11(14)10(7)13/h2-3H,4-6H2,1H3,(H,15,16). The molecule has 0 saturated carbocycles. The van der Waals surface area contributed by atoms with Gasteiger partial charge in [-0.1, -0.05) is 6.07 Å². The first-order valence-electron chi connectivity index (χ1n) is 4.94. The first-order chi connectivity index (χ1) is 8.06. The smallest absolute Gasteiger partial charge is 0.224 e. The van der Waals surface area contributed by atoms with E-state index in [4.69, 9.17) is 4.74 Å². The van der Waals surface area contributed by atoms with Crippen LogP contribution < -0.4 is 5.32 Å². The van der Waals surface area contributed by atoms with E-state index in [1.807, 2.05) is 0 Å². The lowest BCUT2D eigenvalue weighted by Gasteiger charge is -2.06. The maximum atomic E-state index is 13.2. The van der Waals surface area contributed by atoms with Crippen molar-refractivity contribution >= 4 is 5.91 Å². The molecule has 0 spiro atoms. The molecule has 0 saturated heterocycles. The Bertz CT molecular complexity index is 410. The molecule has 0 aliphatic rings. The van der Waals surface area contributed by atoms with Crippen molar-refractivity contribution in [1.82, 2.24) is 5.32 Å². The molecule has 0 aromatic heterocycles. The Labute approximate surface area is 96.6 Å². The summed E-state index contributed by atoms with van der Waals surface area (Å²) in [5.74, 6) is -4.64. The number of halogens is 3. The fraction of sp³-hybridized carbons (Fsp3) is 0.364. The maximum absolute atomic E-state index is 13.2. The molecule has 1 aromatic carbocycles. The van der Waals surface area contributed by atoms with Crippen LogP contribution in [0.4, 0.5) is 13.2 Å². The minimum Gasteiger partial charge on any atom is -0.383 e. The van der Waals surface area contributed by atoms with E-state index in [1.165, 1.54) is 7.11 Å². The monoisotopic (exact) mass is 247 g/mol. The van der Waals surface area contributed by atoms with Crippen LogP contribution in [0.15, 0.2) is 12.1 Å². The van der Waals surface area contributed by atoms with Crippen molar-refractivity contribution in [3.63, 3.8) is 0 Å². The summed E-state index contributed by atoms with van der Waals surface area (Å²) < 4.78 is 43.4. The van der Waals surface area contributed by atoms with E-state index in [0.717, 1.165) is 12.1 Å². The van der Waals surface area contributed by atoms with Gasteiger partial charge in [-0.15, -0.1) is 0 Å². The maximum Gasteiger partial charge on any atom is 0.224 e. The molecule has 3 nitrogen and oxygen atoms in total. The van der Waals surface area contributed by atoms with Gasteiger partial charge in [-0.2, -0.15) is 0 Å². The van der Waals surface area contributed by atoms with Gasteiger partial charge in [0.05, 0.1) is 13.0 Å². The van der Waals surface area contributed by atoms with Crippen LogP contribution in [0.3, 0.4) is 0 Å². The number of amides is 1. The minimum atomic E-state index is -1.56. The molecule has 0 unspecified atom stereocenters. The summed E-state index contributed by atoms with van der Waals surface area (Å²) in [6, 6.07) is 1.83. The summed E-state index contributed by atoms with van der Waals surface area (Å²) in [5.41, 5.74) is -0.182. The van der Waals surface area contributed by atoms with Crippen molar-refractivity contribution in [2.45, 2.75) is 6.42 Å². The third kappa shape index (κ3) is 3.74. The van der Waals surface area contributed by atoms with Crippen LogP contribution in [0.2, 0.25) is 0 Å². The zero-order chi connectivity index (χ0) is 12.8. The lowest BCUT2D eigenvalue weighted by atomic mass is 10.1. The topological polar surface area (TPSA) is 38.3 Å². The highest BCUT2D eigenvalue weighted by molar-refractivity contribution is 5.78. The Kier molecular flexibility index (Phi) is 4.96. The first kappa shape index (κ1) is 13.5. The number of methoxy groups -OCH3 is 1. The van der Waals surface area contributed by atoms with E-state index in [2.05, 4.69) is 5.32 Å². The molecule has 0 atom stereocenters. The SMILES string of the molecule is COCCNC(=O)Cc1ccc(F)c(F)c1F. The number of hydrogen-bond donors (Lipinski definition) is 1. The molecule has 0 fully saturated rings. The van der Waals surface area contributed by atoms with E-state index < -0.39 is 23.4 Å². The highest BCUT2D eigenvalue weighted by Gasteiger charge is 2.15. The van der Waals surface area contributed by atoms with Crippen LogP contribution in [0.25, 0.3) is 0 Å². The summed E-state index contributed by atoms with van der Waals surface area (Å²) in [5, 5.41) is 2.45. The average Bonchev–Trinajstić information content (AvgIpc) is 2.30. The first-order valence-corrected chi connectivity index (χ1v) is 4.94. The van der Waals surface area contributed by atoms with Crippen LogP contribution in [0.5, 0.6) is 0 Å². The van der Waals surface area contributed by atoms with E-state index in [-0.39, 0.29) is 18.5 Å². The zero-order valence-electron chi connectivity index (χ0n) is 9.23. The van der Waals surface area contributed by atoms with Crippen LogP contribution in [0, 0.1) is 17.5 Å². The summed E-state index contributed by atoms with van der Waals surface area (Å²) in [4.78, 5) is 11.3. The van der Waals surface area contributed by atoms with E-state index in [1.54, 1.807) is 0 Å². The van der Waals surface area contributed by atoms with Gasteiger partial charge in [0.1, 0.15) is 0 Å². The molecule has 0 radical (unpaired) electrons. The minimum absolute atomic E-state index is 0.182. The van der Waals surface area contributed by atoms with Crippen LogP contribution in [-0.4, -0.2) is 26.2 Å². The predicted molar refractivity (Wildman–Crippen MR) is 54.9 cm³/mol. The quantitative estimate of drug-likeness (QED) is 0.631. The molecular weight excluding hydrogens is 235 g/mol. The molecule has 1 amide bonds. The van der Waals surface area contributed by atoms with Crippen molar-refractivity contribution in [2.75, 3.05) is 20.3 Å². The molecule has 1 aromatic rings. The highest BCUT2D eigenvalue weighted by atomic mass is 19.2. The number of rotatable bonds is 5. The number of hydrogen-bond acceptors (Lipinski definition) is 2. The molecule has 0 aliphatic heterocycles. The second kappa shape index (κ2) is 6.24. The molecule has 6 heteroatoms. The van der Waals surface area contributed by atoms with Gasteiger partial charge in [-0.3, -0.25) is 4.79 Å². The van der Waals surface area contributed by atoms with Gasteiger partial charge in [0.25, 0.3) is 0 Å². The van der Waals surface area contributed by atoms with Crippen molar-refractivity contribution in [3.8, 4) is 0 Å². The van der Waals surface area contributed by atoms with Crippen LogP contribution in [0.1, 0.15) is 5.56 Å². The number of nitrogens with one attached hydrogen (secondary N) is 1. The van der Waals surface area contributed by atoms with Gasteiger partial charge in [-0.05, 0) is 6.07 Å². The van der Waals surface area contributed by atoms with Gasteiger partial charge in [0.2, 0.25) is 5.91 Å². The predicted octanol–water partition coefficient (Wildman–Crippen LogP) is 1.41.